The third-order valence-corrected chi connectivity index (χ3v) is 3.38. The van der Waals surface area contributed by atoms with Gasteiger partial charge < -0.3 is 19.7 Å². The van der Waals surface area contributed by atoms with E-state index in [1.807, 2.05) is 19.1 Å². The van der Waals surface area contributed by atoms with Gasteiger partial charge in [-0.3, -0.25) is 0 Å². The summed E-state index contributed by atoms with van der Waals surface area (Å²) >= 11 is 0. The van der Waals surface area contributed by atoms with Crippen LogP contribution in [-0.2, 0) is 4.74 Å². The standard InChI is InChI=1S/C14H20N2O3/c1-10-8-11(14(17)19-3)12(9-13(10)18-2)16-6-4-15-5-7-16/h8-9,15H,4-7H2,1-3H3. The minimum Gasteiger partial charge on any atom is -0.496 e. The largest absolute Gasteiger partial charge is 0.496 e. The maximum Gasteiger partial charge on any atom is 0.339 e. The average molecular weight is 264 g/mol. The number of hydrogen-bond acceptors (Lipinski definition) is 5. The van der Waals surface area contributed by atoms with Crippen LogP contribution in [-0.4, -0.2) is 46.4 Å². The molecular formula is C14H20N2O3. The number of carbonyl (C=O) groups is 1. The molecule has 0 radical (unpaired) electrons. The molecule has 0 unspecified atom stereocenters. The number of benzene rings is 1. The van der Waals surface area contributed by atoms with Crippen LogP contribution in [0, 0.1) is 6.92 Å². The first kappa shape index (κ1) is 13.7. The quantitative estimate of drug-likeness (QED) is 0.831. The Bertz CT molecular complexity index is 468. The van der Waals surface area contributed by atoms with Gasteiger partial charge in [0.15, 0.2) is 0 Å². The van der Waals surface area contributed by atoms with Crippen LogP contribution in [0.4, 0.5) is 5.69 Å². The Morgan fingerprint density at radius 1 is 1.26 bits per heavy atom. The SMILES string of the molecule is COC(=O)c1cc(C)c(OC)cc1N1CCNCC1. The lowest BCUT2D eigenvalue weighted by Crippen LogP contribution is -2.44. The van der Waals surface area contributed by atoms with Gasteiger partial charge in [-0.15, -0.1) is 0 Å². The number of nitrogens with one attached hydrogen (secondary N) is 1. The Morgan fingerprint density at radius 3 is 2.53 bits per heavy atom. The Balaban J connectivity index is 2.44. The summed E-state index contributed by atoms with van der Waals surface area (Å²) in [6, 6.07) is 3.76. The lowest BCUT2D eigenvalue weighted by Gasteiger charge is -2.31. The molecule has 5 nitrogen and oxygen atoms in total. The topological polar surface area (TPSA) is 50.8 Å². The predicted octanol–water partition coefficient (Wildman–Crippen LogP) is 1.20. The Labute approximate surface area is 113 Å². The van der Waals surface area contributed by atoms with Crippen molar-refractivity contribution in [1.29, 1.82) is 0 Å². The first-order valence-electron chi connectivity index (χ1n) is 6.40. The van der Waals surface area contributed by atoms with E-state index >= 15 is 0 Å². The molecule has 0 saturated carbocycles. The number of piperazine rings is 1. The molecule has 1 fully saturated rings. The van der Waals surface area contributed by atoms with Crippen LogP contribution >= 0.6 is 0 Å². The molecular weight excluding hydrogens is 244 g/mol. The summed E-state index contributed by atoms with van der Waals surface area (Å²) in [7, 11) is 3.05. The molecule has 0 aliphatic carbocycles. The monoisotopic (exact) mass is 264 g/mol. The lowest BCUT2D eigenvalue weighted by molar-refractivity contribution is 0.0601. The molecule has 5 heteroatoms. The molecule has 1 aromatic carbocycles. The second kappa shape index (κ2) is 5.93. The van der Waals surface area contributed by atoms with Gasteiger partial charge in [0.2, 0.25) is 0 Å². The molecule has 0 bridgehead atoms. The fourth-order valence-corrected chi connectivity index (χ4v) is 2.34. The third-order valence-electron chi connectivity index (χ3n) is 3.38. The number of ether oxygens (including phenoxy) is 2. The maximum absolute atomic E-state index is 11.9. The van der Waals surface area contributed by atoms with Gasteiger partial charge in [-0.1, -0.05) is 0 Å². The van der Waals surface area contributed by atoms with Gasteiger partial charge in [0.25, 0.3) is 0 Å². The van der Waals surface area contributed by atoms with Crippen LogP contribution in [0.25, 0.3) is 0 Å². The molecule has 1 N–H and O–H groups in total. The van der Waals surface area contributed by atoms with Crippen molar-refractivity contribution in [2.24, 2.45) is 0 Å². The predicted molar refractivity (Wildman–Crippen MR) is 74.2 cm³/mol. The molecule has 0 atom stereocenters. The summed E-state index contributed by atoms with van der Waals surface area (Å²) in [6.07, 6.45) is 0. The van der Waals surface area contributed by atoms with Crippen molar-refractivity contribution >= 4 is 11.7 Å². The van der Waals surface area contributed by atoms with Gasteiger partial charge >= 0.3 is 5.97 Å². The number of methoxy groups -OCH3 is 2. The van der Waals surface area contributed by atoms with E-state index in [2.05, 4.69) is 10.2 Å². The summed E-state index contributed by atoms with van der Waals surface area (Å²) in [5, 5.41) is 3.30. The fourth-order valence-electron chi connectivity index (χ4n) is 2.34. The molecule has 0 aromatic heterocycles. The Hall–Kier alpha value is -1.75. The number of aryl methyl sites for hydroxylation is 1. The molecule has 1 saturated heterocycles. The second-order valence-corrected chi connectivity index (χ2v) is 4.57. The van der Waals surface area contributed by atoms with Gasteiger partial charge in [-0.05, 0) is 18.6 Å². The van der Waals surface area contributed by atoms with Crippen LogP contribution in [0.3, 0.4) is 0 Å². The number of carbonyl (C=O) groups excluding carboxylic acids is 1. The molecule has 1 aliphatic rings. The van der Waals surface area contributed by atoms with E-state index in [1.165, 1.54) is 7.11 Å². The second-order valence-electron chi connectivity index (χ2n) is 4.57. The van der Waals surface area contributed by atoms with E-state index in [1.54, 1.807) is 7.11 Å². The number of nitrogens with zero attached hydrogens (tertiary/aromatic N) is 1. The van der Waals surface area contributed by atoms with Crippen molar-refractivity contribution in [1.82, 2.24) is 5.32 Å². The highest BCUT2D eigenvalue weighted by Crippen LogP contribution is 2.30. The van der Waals surface area contributed by atoms with Crippen LogP contribution < -0.4 is 15.0 Å². The Kier molecular flexibility index (Phi) is 4.27. The zero-order chi connectivity index (χ0) is 13.8. The summed E-state index contributed by atoms with van der Waals surface area (Å²) < 4.78 is 10.2. The molecule has 1 heterocycles. The van der Waals surface area contributed by atoms with Gasteiger partial charge in [-0.2, -0.15) is 0 Å². The number of rotatable bonds is 3. The fraction of sp³-hybridized carbons (Fsp3) is 0.500. The molecule has 0 amide bonds. The number of esters is 1. The highest BCUT2D eigenvalue weighted by Gasteiger charge is 2.21. The van der Waals surface area contributed by atoms with Crippen LogP contribution in [0.2, 0.25) is 0 Å². The van der Waals surface area contributed by atoms with Gasteiger partial charge in [-0.25, -0.2) is 4.79 Å². The van der Waals surface area contributed by atoms with Crippen LogP contribution in [0.5, 0.6) is 5.75 Å². The minimum atomic E-state index is -0.306. The Morgan fingerprint density at radius 2 is 1.95 bits per heavy atom. The summed E-state index contributed by atoms with van der Waals surface area (Å²) in [5.74, 6) is 0.487. The summed E-state index contributed by atoms with van der Waals surface area (Å²) in [4.78, 5) is 14.1. The van der Waals surface area contributed by atoms with Gasteiger partial charge in [0.05, 0.1) is 25.5 Å². The number of anilines is 1. The average Bonchev–Trinajstić information content (AvgIpc) is 2.47. The zero-order valence-electron chi connectivity index (χ0n) is 11.7. The van der Waals surface area contributed by atoms with Crippen molar-refractivity contribution in [2.45, 2.75) is 6.92 Å². The minimum absolute atomic E-state index is 0.306. The maximum atomic E-state index is 11.9. The van der Waals surface area contributed by atoms with E-state index in [0.717, 1.165) is 43.2 Å². The van der Waals surface area contributed by atoms with Crippen molar-refractivity contribution in [3.63, 3.8) is 0 Å². The van der Waals surface area contributed by atoms with Crippen molar-refractivity contribution in [3.05, 3.63) is 23.3 Å². The van der Waals surface area contributed by atoms with Crippen molar-refractivity contribution in [2.75, 3.05) is 45.3 Å². The van der Waals surface area contributed by atoms with Crippen molar-refractivity contribution < 1.29 is 14.3 Å². The van der Waals surface area contributed by atoms with Crippen molar-refractivity contribution in [3.8, 4) is 5.75 Å². The molecule has 0 spiro atoms. The highest BCUT2D eigenvalue weighted by atomic mass is 16.5. The molecule has 2 rings (SSSR count). The molecule has 19 heavy (non-hydrogen) atoms. The molecule has 1 aliphatic heterocycles. The van der Waals surface area contributed by atoms with Gasteiger partial charge in [0.1, 0.15) is 5.75 Å². The van der Waals surface area contributed by atoms with E-state index in [4.69, 9.17) is 9.47 Å². The smallest absolute Gasteiger partial charge is 0.339 e. The zero-order valence-corrected chi connectivity index (χ0v) is 11.7. The van der Waals surface area contributed by atoms with E-state index in [-0.39, 0.29) is 5.97 Å². The summed E-state index contributed by atoms with van der Waals surface area (Å²) in [6.45, 7) is 5.49. The third kappa shape index (κ3) is 2.81. The lowest BCUT2D eigenvalue weighted by atomic mass is 10.1. The normalized spacial score (nSPS) is 15.2. The van der Waals surface area contributed by atoms with E-state index in [9.17, 15) is 4.79 Å². The first-order chi connectivity index (χ1) is 9.17. The number of hydrogen-bond donors (Lipinski definition) is 1. The van der Waals surface area contributed by atoms with Crippen LogP contribution in [0.15, 0.2) is 12.1 Å². The van der Waals surface area contributed by atoms with E-state index < -0.39 is 0 Å². The molecule has 104 valence electrons. The van der Waals surface area contributed by atoms with Crippen LogP contribution in [0.1, 0.15) is 15.9 Å². The highest BCUT2D eigenvalue weighted by molar-refractivity contribution is 5.96. The molecule has 1 aromatic rings. The van der Waals surface area contributed by atoms with E-state index in [0.29, 0.717) is 5.56 Å². The van der Waals surface area contributed by atoms with Gasteiger partial charge in [0, 0.05) is 32.2 Å². The summed E-state index contributed by atoms with van der Waals surface area (Å²) in [5.41, 5.74) is 2.42. The first-order valence-corrected chi connectivity index (χ1v) is 6.40.